The monoisotopic (exact) mass is 309 g/mol. The van der Waals surface area contributed by atoms with E-state index in [4.69, 9.17) is 0 Å². The summed E-state index contributed by atoms with van der Waals surface area (Å²) in [5.74, 6) is 0.944. The van der Waals surface area contributed by atoms with Crippen LogP contribution in [0.4, 0.5) is 0 Å². The minimum atomic E-state index is 0.944. The minimum Gasteiger partial charge on any atom is -0.0654 e. The highest BCUT2D eigenvalue weighted by Gasteiger charge is 2.01. The van der Waals surface area contributed by atoms with Gasteiger partial charge in [-0.25, -0.2) is 0 Å². The van der Waals surface area contributed by atoms with Gasteiger partial charge in [0, 0.05) is 0 Å². The van der Waals surface area contributed by atoms with Crippen molar-refractivity contribution in [3.8, 4) is 0 Å². The summed E-state index contributed by atoms with van der Waals surface area (Å²) in [6, 6.07) is 0. The van der Waals surface area contributed by atoms with E-state index in [1.807, 2.05) is 0 Å². The molecule has 0 amide bonds. The molecule has 0 heterocycles. The van der Waals surface area contributed by atoms with Crippen LogP contribution in [0.25, 0.3) is 0 Å². The molecule has 0 aromatic heterocycles. The Morgan fingerprint density at radius 1 is 0.545 bits per heavy atom. The van der Waals surface area contributed by atoms with E-state index < -0.39 is 0 Å². The first-order valence-corrected chi connectivity index (χ1v) is 10.6. The molecule has 0 aromatic rings. The Morgan fingerprint density at radius 3 is 1.32 bits per heavy atom. The van der Waals surface area contributed by atoms with Crippen LogP contribution in [0, 0.1) is 12.8 Å². The van der Waals surface area contributed by atoms with Gasteiger partial charge in [0.1, 0.15) is 0 Å². The standard InChI is InChI=1S/C22H45/c1-4-6-8-9-10-11-12-13-14-15-16-17-19-21-22(3)20-18-7-5-2/h22H,2,4-21H2,1,3H3. The summed E-state index contributed by atoms with van der Waals surface area (Å²) in [5.41, 5.74) is 0. The molecule has 0 heteroatoms. The molecule has 22 heavy (non-hydrogen) atoms. The smallest absolute Gasteiger partial charge is 0.0443 e. The molecule has 133 valence electrons. The van der Waals surface area contributed by atoms with Gasteiger partial charge in [-0.05, 0) is 5.92 Å². The third-order valence-electron chi connectivity index (χ3n) is 5.00. The van der Waals surface area contributed by atoms with E-state index in [0.29, 0.717) is 0 Å². The highest BCUT2D eigenvalue weighted by atomic mass is 14.1. The van der Waals surface area contributed by atoms with E-state index in [0.717, 1.165) is 12.3 Å². The fourth-order valence-electron chi connectivity index (χ4n) is 3.32. The Balaban J connectivity index is 3.05. The second-order valence-corrected chi connectivity index (χ2v) is 7.49. The van der Waals surface area contributed by atoms with Crippen molar-refractivity contribution in [2.24, 2.45) is 5.92 Å². The lowest BCUT2D eigenvalue weighted by Gasteiger charge is -2.10. The third kappa shape index (κ3) is 18.1. The van der Waals surface area contributed by atoms with Crippen molar-refractivity contribution in [3.63, 3.8) is 0 Å². The van der Waals surface area contributed by atoms with Crippen LogP contribution in [0.5, 0.6) is 0 Å². The van der Waals surface area contributed by atoms with Gasteiger partial charge in [-0.15, -0.1) is 0 Å². The molecule has 0 fully saturated rings. The van der Waals surface area contributed by atoms with Crippen LogP contribution in [-0.4, -0.2) is 0 Å². The first-order valence-electron chi connectivity index (χ1n) is 10.6. The van der Waals surface area contributed by atoms with E-state index in [2.05, 4.69) is 20.8 Å². The summed E-state index contributed by atoms with van der Waals surface area (Å²) in [6.45, 7) is 8.65. The second-order valence-electron chi connectivity index (χ2n) is 7.49. The molecule has 0 spiro atoms. The van der Waals surface area contributed by atoms with Gasteiger partial charge in [-0.3, -0.25) is 0 Å². The Kier molecular flexibility index (Phi) is 19.0. The summed E-state index contributed by atoms with van der Waals surface area (Å²) < 4.78 is 0. The fraction of sp³-hybridized carbons (Fsp3) is 0.955. The molecule has 1 radical (unpaired) electrons. The van der Waals surface area contributed by atoms with Crippen LogP contribution < -0.4 is 0 Å². The Hall–Kier alpha value is 0. The average Bonchev–Trinajstić information content (AvgIpc) is 2.52. The normalized spacial score (nSPS) is 12.7. The first kappa shape index (κ1) is 22.0. The summed E-state index contributed by atoms with van der Waals surface area (Å²) in [4.78, 5) is 0. The van der Waals surface area contributed by atoms with Gasteiger partial charge in [-0.2, -0.15) is 0 Å². The molecule has 1 atom stereocenters. The molecule has 0 rings (SSSR count). The van der Waals surface area contributed by atoms with Gasteiger partial charge in [-0.1, -0.05) is 136 Å². The molecule has 0 aliphatic rings. The van der Waals surface area contributed by atoms with Crippen molar-refractivity contribution in [3.05, 3.63) is 6.92 Å². The van der Waals surface area contributed by atoms with Crippen LogP contribution in [0.15, 0.2) is 0 Å². The van der Waals surface area contributed by atoms with Gasteiger partial charge in [0.2, 0.25) is 0 Å². The Bertz CT molecular complexity index is 184. The molecule has 0 bridgehead atoms. The lowest BCUT2D eigenvalue weighted by Crippen LogP contribution is -1.94. The van der Waals surface area contributed by atoms with E-state index >= 15 is 0 Å². The zero-order valence-electron chi connectivity index (χ0n) is 16.0. The topological polar surface area (TPSA) is 0 Å². The molecule has 0 saturated carbocycles. The van der Waals surface area contributed by atoms with Gasteiger partial charge in [0.15, 0.2) is 0 Å². The molecule has 1 unspecified atom stereocenters. The van der Waals surface area contributed by atoms with Crippen molar-refractivity contribution in [1.29, 1.82) is 0 Å². The predicted molar refractivity (Wildman–Crippen MR) is 103 cm³/mol. The molecule has 0 nitrogen and oxygen atoms in total. The van der Waals surface area contributed by atoms with E-state index in [1.165, 1.54) is 109 Å². The van der Waals surface area contributed by atoms with Crippen LogP contribution in [0.3, 0.4) is 0 Å². The van der Waals surface area contributed by atoms with Crippen molar-refractivity contribution >= 4 is 0 Å². The zero-order chi connectivity index (χ0) is 16.3. The average molecular weight is 310 g/mol. The maximum atomic E-state index is 3.92. The largest absolute Gasteiger partial charge is 0.0654 e. The summed E-state index contributed by atoms with van der Waals surface area (Å²) in [6.07, 6.45) is 25.7. The van der Waals surface area contributed by atoms with Crippen LogP contribution in [0.1, 0.15) is 129 Å². The lowest BCUT2D eigenvalue weighted by atomic mass is 9.96. The molecule has 0 saturated heterocycles. The van der Waals surface area contributed by atoms with E-state index in [-0.39, 0.29) is 0 Å². The number of rotatable bonds is 18. The maximum absolute atomic E-state index is 3.92. The molecular formula is C22H45. The lowest BCUT2D eigenvalue weighted by molar-refractivity contribution is 0.437. The van der Waals surface area contributed by atoms with E-state index in [9.17, 15) is 0 Å². The van der Waals surface area contributed by atoms with E-state index in [1.54, 1.807) is 0 Å². The zero-order valence-corrected chi connectivity index (χ0v) is 16.0. The molecular weight excluding hydrogens is 264 g/mol. The van der Waals surface area contributed by atoms with Gasteiger partial charge in [0.25, 0.3) is 0 Å². The van der Waals surface area contributed by atoms with Crippen molar-refractivity contribution in [2.75, 3.05) is 0 Å². The SMILES string of the molecule is [CH2]CCCCC(C)CCCCCCCCCCCCCCC. The highest BCUT2D eigenvalue weighted by molar-refractivity contribution is 4.56. The third-order valence-corrected chi connectivity index (χ3v) is 5.00. The highest BCUT2D eigenvalue weighted by Crippen LogP contribution is 2.18. The van der Waals surface area contributed by atoms with Gasteiger partial charge >= 0.3 is 0 Å². The summed E-state index contributed by atoms with van der Waals surface area (Å²) in [7, 11) is 0. The van der Waals surface area contributed by atoms with Crippen molar-refractivity contribution in [2.45, 2.75) is 129 Å². The number of hydrogen-bond donors (Lipinski definition) is 0. The Morgan fingerprint density at radius 2 is 0.909 bits per heavy atom. The van der Waals surface area contributed by atoms with Crippen LogP contribution in [0.2, 0.25) is 0 Å². The van der Waals surface area contributed by atoms with Gasteiger partial charge < -0.3 is 0 Å². The molecule has 0 aliphatic carbocycles. The maximum Gasteiger partial charge on any atom is -0.0443 e. The number of hydrogen-bond acceptors (Lipinski definition) is 0. The van der Waals surface area contributed by atoms with Crippen LogP contribution in [-0.2, 0) is 0 Å². The summed E-state index contributed by atoms with van der Waals surface area (Å²) in [5, 5.41) is 0. The minimum absolute atomic E-state index is 0.944. The van der Waals surface area contributed by atoms with Gasteiger partial charge in [0.05, 0.1) is 0 Å². The first-order chi connectivity index (χ1) is 10.8. The van der Waals surface area contributed by atoms with Crippen molar-refractivity contribution in [1.82, 2.24) is 0 Å². The fourth-order valence-corrected chi connectivity index (χ4v) is 3.32. The molecule has 0 aliphatic heterocycles. The Labute approximate surface area is 142 Å². The predicted octanol–water partition coefficient (Wildman–Crippen LogP) is 8.50. The van der Waals surface area contributed by atoms with Crippen molar-refractivity contribution < 1.29 is 0 Å². The summed E-state index contributed by atoms with van der Waals surface area (Å²) >= 11 is 0. The molecule has 0 aromatic carbocycles. The second kappa shape index (κ2) is 19.0. The number of unbranched alkanes of at least 4 members (excludes halogenated alkanes) is 14. The van der Waals surface area contributed by atoms with Crippen LogP contribution >= 0.6 is 0 Å². The molecule has 0 N–H and O–H groups in total. The quantitative estimate of drug-likeness (QED) is 0.223.